The maximum atomic E-state index is 12.5. The van der Waals surface area contributed by atoms with E-state index in [2.05, 4.69) is 13.8 Å². The molecule has 1 aromatic rings. The van der Waals surface area contributed by atoms with Gasteiger partial charge in [-0.25, -0.2) is 0 Å². The molecule has 1 heterocycles. The van der Waals surface area contributed by atoms with Crippen LogP contribution in [0.3, 0.4) is 0 Å². The first-order valence-corrected chi connectivity index (χ1v) is 8.56. The number of hydrogen-bond acceptors (Lipinski definition) is 2. The van der Waals surface area contributed by atoms with Crippen LogP contribution in [0.5, 0.6) is 0 Å². The molecule has 1 aliphatic rings. The molecule has 0 spiro atoms. The van der Waals surface area contributed by atoms with Crippen LogP contribution in [0.25, 0.3) is 0 Å². The summed E-state index contributed by atoms with van der Waals surface area (Å²) in [7, 11) is -0.949. The molecule has 0 aliphatic carbocycles. The molecule has 0 N–H and O–H groups in total. The SMILES string of the molecule is CCCC[C@@]1(C[S@@](=O)c2ccc(C)cc2)CCCO1. The largest absolute Gasteiger partial charge is 0.374 e. The van der Waals surface area contributed by atoms with Gasteiger partial charge in [-0.1, -0.05) is 37.5 Å². The van der Waals surface area contributed by atoms with Gasteiger partial charge in [-0.05, 0) is 38.3 Å². The van der Waals surface area contributed by atoms with Gasteiger partial charge in [0.1, 0.15) is 0 Å². The predicted octanol–water partition coefficient (Wildman–Crippen LogP) is 3.84. The summed E-state index contributed by atoms with van der Waals surface area (Å²) in [6, 6.07) is 8.02. The van der Waals surface area contributed by atoms with E-state index in [1.54, 1.807) is 0 Å². The third kappa shape index (κ3) is 3.90. The van der Waals surface area contributed by atoms with Crippen LogP contribution in [-0.4, -0.2) is 22.2 Å². The Morgan fingerprint density at radius 2 is 2.05 bits per heavy atom. The maximum Gasteiger partial charge on any atom is 0.0801 e. The Balaban J connectivity index is 2.04. The molecule has 2 nitrogen and oxygen atoms in total. The Morgan fingerprint density at radius 3 is 2.63 bits per heavy atom. The van der Waals surface area contributed by atoms with E-state index in [1.165, 1.54) is 12.0 Å². The molecule has 1 aliphatic heterocycles. The summed E-state index contributed by atoms with van der Waals surface area (Å²) in [6.45, 7) is 5.07. The normalized spacial score (nSPS) is 24.5. The van der Waals surface area contributed by atoms with Crippen molar-refractivity contribution in [3.05, 3.63) is 29.8 Å². The number of unbranched alkanes of at least 4 members (excludes halogenated alkanes) is 1. The first kappa shape index (κ1) is 14.7. The molecule has 3 heteroatoms. The minimum atomic E-state index is -0.949. The van der Waals surface area contributed by atoms with Crippen LogP contribution in [0.15, 0.2) is 29.2 Å². The zero-order valence-corrected chi connectivity index (χ0v) is 12.8. The average molecular weight is 280 g/mol. The highest BCUT2D eigenvalue weighted by atomic mass is 32.2. The third-order valence-corrected chi connectivity index (χ3v) is 5.44. The van der Waals surface area contributed by atoms with Crippen LogP contribution in [0.4, 0.5) is 0 Å². The van der Waals surface area contributed by atoms with Gasteiger partial charge >= 0.3 is 0 Å². The van der Waals surface area contributed by atoms with Crippen LogP contribution in [0.1, 0.15) is 44.6 Å². The topological polar surface area (TPSA) is 26.3 Å². The lowest BCUT2D eigenvalue weighted by Crippen LogP contribution is -2.34. The van der Waals surface area contributed by atoms with Crippen molar-refractivity contribution < 1.29 is 8.95 Å². The highest BCUT2D eigenvalue weighted by Gasteiger charge is 2.36. The van der Waals surface area contributed by atoms with Crippen molar-refractivity contribution in [3.8, 4) is 0 Å². The van der Waals surface area contributed by atoms with E-state index in [9.17, 15) is 4.21 Å². The van der Waals surface area contributed by atoms with Crippen LogP contribution >= 0.6 is 0 Å². The van der Waals surface area contributed by atoms with Crippen molar-refractivity contribution in [2.24, 2.45) is 0 Å². The Kier molecular flexibility index (Phi) is 5.17. The molecule has 0 radical (unpaired) electrons. The van der Waals surface area contributed by atoms with Gasteiger partial charge < -0.3 is 4.74 Å². The first-order valence-electron chi connectivity index (χ1n) is 7.24. The summed E-state index contributed by atoms with van der Waals surface area (Å²) in [4.78, 5) is 0.928. The third-order valence-electron chi connectivity index (χ3n) is 3.85. The molecule has 1 fully saturated rings. The predicted molar refractivity (Wildman–Crippen MR) is 79.9 cm³/mol. The zero-order chi connectivity index (χ0) is 13.7. The number of hydrogen-bond donors (Lipinski definition) is 0. The molecule has 0 bridgehead atoms. The van der Waals surface area contributed by atoms with Gasteiger partial charge in [-0.3, -0.25) is 4.21 Å². The zero-order valence-electron chi connectivity index (χ0n) is 12.0. The summed E-state index contributed by atoms with van der Waals surface area (Å²) in [5, 5.41) is 0. The molecule has 0 amide bonds. The number of aryl methyl sites for hydroxylation is 1. The van der Waals surface area contributed by atoms with Crippen molar-refractivity contribution in [2.45, 2.75) is 56.4 Å². The van der Waals surface area contributed by atoms with Gasteiger partial charge in [0.2, 0.25) is 0 Å². The lowest BCUT2D eigenvalue weighted by Gasteiger charge is -2.27. The molecule has 2 rings (SSSR count). The van der Waals surface area contributed by atoms with Gasteiger partial charge in [0.05, 0.1) is 22.2 Å². The van der Waals surface area contributed by atoms with Gasteiger partial charge in [0.15, 0.2) is 0 Å². The number of rotatable bonds is 6. The van der Waals surface area contributed by atoms with E-state index in [4.69, 9.17) is 4.74 Å². The molecule has 19 heavy (non-hydrogen) atoms. The van der Waals surface area contributed by atoms with Gasteiger partial charge in [0.25, 0.3) is 0 Å². The fourth-order valence-electron chi connectivity index (χ4n) is 2.65. The number of benzene rings is 1. The van der Waals surface area contributed by atoms with Crippen LogP contribution < -0.4 is 0 Å². The second kappa shape index (κ2) is 6.67. The summed E-state index contributed by atoms with van der Waals surface area (Å²) in [6.07, 6.45) is 5.54. The summed E-state index contributed by atoms with van der Waals surface area (Å²) < 4.78 is 18.5. The minimum absolute atomic E-state index is 0.133. The molecule has 0 aromatic heterocycles. The molecule has 1 aromatic carbocycles. The molecule has 106 valence electrons. The second-order valence-electron chi connectivity index (χ2n) is 5.54. The fraction of sp³-hybridized carbons (Fsp3) is 0.625. The van der Waals surface area contributed by atoms with E-state index >= 15 is 0 Å². The van der Waals surface area contributed by atoms with E-state index in [-0.39, 0.29) is 5.60 Å². The quantitative estimate of drug-likeness (QED) is 0.791. The van der Waals surface area contributed by atoms with Crippen molar-refractivity contribution in [1.29, 1.82) is 0 Å². The lowest BCUT2D eigenvalue weighted by atomic mass is 9.96. The van der Waals surface area contributed by atoms with E-state index in [1.807, 2.05) is 24.3 Å². The standard InChI is InChI=1S/C16H24O2S/c1-3-4-10-16(11-5-12-18-16)13-19(17)15-8-6-14(2)7-9-15/h6-9H,3-5,10-13H2,1-2H3/t16-,19+/m0/s1. The Hall–Kier alpha value is -0.670. The van der Waals surface area contributed by atoms with E-state index < -0.39 is 10.8 Å². The van der Waals surface area contributed by atoms with Crippen molar-refractivity contribution in [3.63, 3.8) is 0 Å². The fourth-order valence-corrected chi connectivity index (χ4v) is 4.11. The van der Waals surface area contributed by atoms with Gasteiger partial charge in [-0.15, -0.1) is 0 Å². The number of ether oxygens (including phenoxy) is 1. The Labute approximate surface area is 119 Å². The minimum Gasteiger partial charge on any atom is -0.374 e. The lowest BCUT2D eigenvalue weighted by molar-refractivity contribution is 0.0151. The van der Waals surface area contributed by atoms with Crippen molar-refractivity contribution in [1.82, 2.24) is 0 Å². The highest BCUT2D eigenvalue weighted by molar-refractivity contribution is 7.85. The van der Waals surface area contributed by atoms with Gasteiger partial charge in [0, 0.05) is 11.5 Å². The van der Waals surface area contributed by atoms with Crippen LogP contribution in [0, 0.1) is 6.92 Å². The monoisotopic (exact) mass is 280 g/mol. The first-order chi connectivity index (χ1) is 9.15. The summed E-state index contributed by atoms with van der Waals surface area (Å²) in [5.41, 5.74) is 1.07. The molecule has 0 unspecified atom stereocenters. The average Bonchev–Trinajstić information content (AvgIpc) is 2.86. The molecular weight excluding hydrogens is 256 g/mol. The molecule has 1 saturated heterocycles. The summed E-state index contributed by atoms with van der Waals surface area (Å²) >= 11 is 0. The van der Waals surface area contributed by atoms with E-state index in [0.29, 0.717) is 5.75 Å². The van der Waals surface area contributed by atoms with Crippen LogP contribution in [0.2, 0.25) is 0 Å². The van der Waals surface area contributed by atoms with E-state index in [0.717, 1.165) is 37.2 Å². The van der Waals surface area contributed by atoms with Crippen molar-refractivity contribution >= 4 is 10.8 Å². The van der Waals surface area contributed by atoms with Gasteiger partial charge in [-0.2, -0.15) is 0 Å². The Bertz CT molecular complexity index is 419. The highest BCUT2D eigenvalue weighted by Crippen LogP contribution is 2.33. The summed E-state index contributed by atoms with van der Waals surface area (Å²) in [5.74, 6) is 0.649. The molecule has 2 atom stereocenters. The molecule has 0 saturated carbocycles. The maximum absolute atomic E-state index is 12.5. The second-order valence-corrected chi connectivity index (χ2v) is 6.99. The van der Waals surface area contributed by atoms with Crippen LogP contribution in [-0.2, 0) is 15.5 Å². The smallest absolute Gasteiger partial charge is 0.0801 e. The Morgan fingerprint density at radius 1 is 1.32 bits per heavy atom. The van der Waals surface area contributed by atoms with Crippen molar-refractivity contribution in [2.75, 3.05) is 12.4 Å². The molecular formula is C16H24O2S.